The van der Waals surface area contributed by atoms with Gasteiger partial charge in [0.2, 0.25) is 5.91 Å². The molecule has 37 heavy (non-hydrogen) atoms. The van der Waals surface area contributed by atoms with E-state index in [1.54, 1.807) is 0 Å². The van der Waals surface area contributed by atoms with Crippen molar-refractivity contribution in [3.05, 3.63) is 72.3 Å². The maximum absolute atomic E-state index is 13.0. The number of nitrogens with zero attached hydrogens (tertiary/aromatic N) is 1. The quantitative estimate of drug-likeness (QED) is 0.434. The largest absolute Gasteiger partial charge is 0.490 e. The molecule has 3 aromatic rings. The molecule has 4 rings (SSSR count). The number of rotatable bonds is 6. The fraction of sp³-hybridized carbons (Fsp3) is 0.357. The van der Waals surface area contributed by atoms with Crippen molar-refractivity contribution in [1.29, 1.82) is 0 Å². The van der Waals surface area contributed by atoms with Gasteiger partial charge in [-0.15, -0.1) is 0 Å². The Bertz CT molecular complexity index is 1190. The molecule has 1 aliphatic heterocycles. The van der Waals surface area contributed by atoms with Gasteiger partial charge in [-0.25, -0.2) is 4.79 Å². The Labute approximate surface area is 214 Å². The number of amides is 1. The van der Waals surface area contributed by atoms with E-state index in [9.17, 15) is 18.0 Å². The average molecular weight is 517 g/mol. The number of carbonyl (C=O) groups is 2. The highest BCUT2D eigenvalue weighted by atomic mass is 19.4. The normalized spacial score (nSPS) is 14.1. The van der Waals surface area contributed by atoms with Gasteiger partial charge in [-0.2, -0.15) is 13.2 Å². The first-order valence-corrected chi connectivity index (χ1v) is 12.1. The Kier molecular flexibility index (Phi) is 9.52. The first kappa shape index (κ1) is 28.0. The predicted molar refractivity (Wildman–Crippen MR) is 137 cm³/mol. The second-order valence-corrected chi connectivity index (χ2v) is 9.11. The maximum Gasteiger partial charge on any atom is 0.490 e. The minimum atomic E-state index is -5.08. The number of carboxylic acids is 1. The first-order chi connectivity index (χ1) is 17.6. The van der Waals surface area contributed by atoms with Gasteiger partial charge in [0.1, 0.15) is 12.4 Å². The molecule has 0 aromatic heterocycles. The summed E-state index contributed by atoms with van der Waals surface area (Å²) >= 11 is 0. The van der Waals surface area contributed by atoms with Crippen molar-refractivity contribution in [3.63, 3.8) is 0 Å². The van der Waals surface area contributed by atoms with Crippen LogP contribution in [0.2, 0.25) is 0 Å². The summed E-state index contributed by atoms with van der Waals surface area (Å²) in [6.07, 6.45) is -3.11. The highest BCUT2D eigenvalue weighted by Gasteiger charge is 2.38. The molecule has 1 heterocycles. The fourth-order valence-corrected chi connectivity index (χ4v) is 4.05. The number of carboxylic acid groups (broad SMARTS) is 1. The summed E-state index contributed by atoms with van der Waals surface area (Å²) in [5, 5.41) is 12.8. The molecule has 3 aromatic carbocycles. The third-order valence-corrected chi connectivity index (χ3v) is 5.97. The van der Waals surface area contributed by atoms with Gasteiger partial charge in [0.15, 0.2) is 0 Å². The number of benzene rings is 3. The lowest BCUT2D eigenvalue weighted by Gasteiger charge is -2.36. The Hall–Kier alpha value is -3.59. The van der Waals surface area contributed by atoms with Crippen LogP contribution in [0.25, 0.3) is 10.8 Å². The van der Waals surface area contributed by atoms with Gasteiger partial charge in [0.05, 0.1) is 0 Å². The molecule has 1 aliphatic rings. The highest BCUT2D eigenvalue weighted by molar-refractivity contribution is 5.98. The van der Waals surface area contributed by atoms with Gasteiger partial charge in [-0.1, -0.05) is 56.3 Å². The Balaban J connectivity index is 0.000000479. The van der Waals surface area contributed by atoms with E-state index >= 15 is 0 Å². The number of hydrogen-bond acceptors (Lipinski definition) is 4. The van der Waals surface area contributed by atoms with Gasteiger partial charge in [-0.05, 0) is 66.5 Å². The zero-order chi connectivity index (χ0) is 27.0. The van der Waals surface area contributed by atoms with Crippen LogP contribution in [-0.2, 0) is 16.2 Å². The third-order valence-electron chi connectivity index (χ3n) is 5.97. The van der Waals surface area contributed by atoms with Gasteiger partial charge in [0.25, 0.3) is 0 Å². The van der Waals surface area contributed by atoms with Crippen molar-refractivity contribution in [3.8, 4) is 5.75 Å². The Morgan fingerprint density at radius 1 is 1.00 bits per heavy atom. The maximum atomic E-state index is 13.0. The summed E-state index contributed by atoms with van der Waals surface area (Å²) in [5.41, 5.74) is 2.14. The molecule has 1 saturated heterocycles. The number of anilines is 1. The molecule has 0 aliphatic carbocycles. The molecule has 0 bridgehead atoms. The minimum absolute atomic E-state index is 0.0238. The molecule has 0 radical (unpaired) electrons. The fourth-order valence-electron chi connectivity index (χ4n) is 4.05. The summed E-state index contributed by atoms with van der Waals surface area (Å²) in [6.45, 7) is 6.43. The van der Waals surface area contributed by atoms with E-state index in [1.165, 1.54) is 0 Å². The van der Waals surface area contributed by atoms with Crippen molar-refractivity contribution >= 4 is 28.3 Å². The van der Waals surface area contributed by atoms with Crippen LogP contribution in [-0.4, -0.2) is 42.3 Å². The monoisotopic (exact) mass is 516 g/mol. The predicted octanol–water partition coefficient (Wildman–Crippen LogP) is 5.79. The van der Waals surface area contributed by atoms with E-state index in [1.807, 2.05) is 43.0 Å². The number of alkyl halides is 3. The summed E-state index contributed by atoms with van der Waals surface area (Å²) in [7, 11) is 0. The van der Waals surface area contributed by atoms with E-state index < -0.39 is 12.1 Å². The topological polar surface area (TPSA) is 78.9 Å². The highest BCUT2D eigenvalue weighted by Crippen LogP contribution is 2.30. The lowest BCUT2D eigenvalue weighted by atomic mass is 10.0. The van der Waals surface area contributed by atoms with Crippen molar-refractivity contribution < 1.29 is 32.6 Å². The third kappa shape index (κ3) is 7.95. The smallest absolute Gasteiger partial charge is 0.489 e. The lowest BCUT2D eigenvalue weighted by Crippen LogP contribution is -2.47. The molecule has 0 spiro atoms. The van der Waals surface area contributed by atoms with Crippen LogP contribution in [0.4, 0.5) is 18.9 Å². The van der Waals surface area contributed by atoms with Crippen LogP contribution in [0.3, 0.4) is 0 Å². The number of ether oxygens (including phenoxy) is 1. The lowest BCUT2D eigenvalue weighted by molar-refractivity contribution is -0.192. The van der Waals surface area contributed by atoms with Crippen molar-refractivity contribution in [1.82, 2.24) is 5.32 Å². The molecule has 6 nitrogen and oxygen atoms in total. The molecule has 0 saturated carbocycles. The standard InChI is InChI=1S/C26H30N2O2.C2HF3O2/c1-19(2)26(29)28(23-12-14-27-15-13-23)24-10-8-22-17-25(11-9-21(22)16-24)30-18-20-6-4-3-5-7-20;3-2(4,5)1(6)7/h3-11,16-17,19,23,27H,12-15,18H2,1-2H3;(H,6,7). The molecule has 1 amide bonds. The molecule has 9 heteroatoms. The van der Waals surface area contributed by atoms with Crippen molar-refractivity contribution in [2.45, 2.75) is 45.5 Å². The van der Waals surface area contributed by atoms with Gasteiger partial charge >= 0.3 is 12.1 Å². The number of carbonyl (C=O) groups excluding carboxylic acids is 1. The second kappa shape index (κ2) is 12.6. The van der Waals surface area contributed by atoms with Gasteiger partial charge in [0, 0.05) is 17.6 Å². The zero-order valence-electron chi connectivity index (χ0n) is 20.8. The first-order valence-electron chi connectivity index (χ1n) is 12.1. The summed E-state index contributed by atoms with van der Waals surface area (Å²) in [6, 6.07) is 22.9. The number of nitrogens with one attached hydrogen (secondary N) is 1. The number of halogens is 3. The van der Waals surface area contributed by atoms with Crippen LogP contribution in [0.1, 0.15) is 32.3 Å². The number of piperidine rings is 1. The second-order valence-electron chi connectivity index (χ2n) is 9.11. The van der Waals surface area contributed by atoms with Crippen LogP contribution >= 0.6 is 0 Å². The Morgan fingerprint density at radius 3 is 2.19 bits per heavy atom. The molecule has 2 N–H and O–H groups in total. The zero-order valence-corrected chi connectivity index (χ0v) is 20.8. The van der Waals surface area contributed by atoms with Crippen molar-refractivity contribution in [2.75, 3.05) is 18.0 Å². The average Bonchev–Trinajstić information content (AvgIpc) is 2.88. The molecule has 0 unspecified atom stereocenters. The van der Waals surface area contributed by atoms with Gasteiger partial charge in [-0.3, -0.25) is 4.79 Å². The summed E-state index contributed by atoms with van der Waals surface area (Å²) < 4.78 is 37.7. The van der Waals surface area contributed by atoms with E-state index in [0.29, 0.717) is 6.61 Å². The SMILES string of the molecule is CC(C)C(=O)N(c1ccc2cc(OCc3ccccc3)ccc2c1)C1CCNCC1.O=C(O)C(F)(F)F. The van der Waals surface area contributed by atoms with Crippen molar-refractivity contribution in [2.24, 2.45) is 5.92 Å². The molecule has 198 valence electrons. The van der Waals surface area contributed by atoms with Gasteiger partial charge < -0.3 is 20.1 Å². The minimum Gasteiger partial charge on any atom is -0.489 e. The van der Waals surface area contributed by atoms with Crippen LogP contribution < -0.4 is 15.0 Å². The molecule has 1 fully saturated rings. The van der Waals surface area contributed by atoms with E-state index in [0.717, 1.165) is 53.7 Å². The summed E-state index contributed by atoms with van der Waals surface area (Å²) in [4.78, 5) is 24.0. The number of hydrogen-bond donors (Lipinski definition) is 2. The van der Waals surface area contributed by atoms with Crippen LogP contribution in [0, 0.1) is 5.92 Å². The van der Waals surface area contributed by atoms with E-state index in [-0.39, 0.29) is 17.9 Å². The molecular weight excluding hydrogens is 485 g/mol. The Morgan fingerprint density at radius 2 is 1.59 bits per heavy atom. The summed E-state index contributed by atoms with van der Waals surface area (Å²) in [5.74, 6) is -1.73. The number of aliphatic carboxylic acids is 1. The van der Waals surface area contributed by atoms with Crippen LogP contribution in [0.15, 0.2) is 66.7 Å². The molecule has 0 atom stereocenters. The molecular formula is C28H31F3N2O4. The number of fused-ring (bicyclic) bond motifs is 1. The van der Waals surface area contributed by atoms with E-state index in [2.05, 4.69) is 47.8 Å². The van der Waals surface area contributed by atoms with E-state index in [4.69, 9.17) is 14.6 Å². The van der Waals surface area contributed by atoms with Crippen LogP contribution in [0.5, 0.6) is 5.75 Å².